The number of nitrogens with zero attached hydrogens (tertiary/aromatic N) is 3. The van der Waals surface area contributed by atoms with E-state index in [0.29, 0.717) is 47.7 Å². The number of carbonyl (C=O) groups is 1. The van der Waals surface area contributed by atoms with E-state index in [2.05, 4.69) is 4.98 Å². The Hall–Kier alpha value is -1.80. The summed E-state index contributed by atoms with van der Waals surface area (Å²) in [7, 11) is 0. The lowest BCUT2D eigenvalue weighted by Gasteiger charge is -2.36. The first kappa shape index (κ1) is 22.4. The van der Waals surface area contributed by atoms with Gasteiger partial charge in [-0.3, -0.25) is 4.79 Å². The van der Waals surface area contributed by atoms with Gasteiger partial charge < -0.3 is 9.80 Å². The Morgan fingerprint density at radius 1 is 1.13 bits per heavy atom. The molecular formula is C22H20Cl2FN3OS2. The third kappa shape index (κ3) is 5.71. The van der Waals surface area contributed by atoms with E-state index in [9.17, 15) is 9.18 Å². The highest BCUT2D eigenvalue weighted by molar-refractivity contribution is 8.00. The molecule has 1 fully saturated rings. The smallest absolute Gasteiger partial charge is 0.228 e. The van der Waals surface area contributed by atoms with Crippen molar-refractivity contribution in [1.29, 1.82) is 0 Å². The van der Waals surface area contributed by atoms with E-state index in [4.69, 9.17) is 23.2 Å². The Balaban J connectivity index is 1.28. The molecule has 0 saturated carbocycles. The number of carbonyl (C=O) groups excluding carboxylic acids is 1. The molecule has 1 aliphatic heterocycles. The van der Waals surface area contributed by atoms with Crippen LogP contribution >= 0.6 is 46.3 Å². The molecule has 4 rings (SSSR count). The predicted molar refractivity (Wildman–Crippen MR) is 127 cm³/mol. The van der Waals surface area contributed by atoms with Gasteiger partial charge in [0.1, 0.15) is 10.2 Å². The standard InChI is InChI=1S/C22H20Cl2FN3OS2/c23-16-6-5-15(18(24)11-16)13-30-22-26-17(14-31-22)12-21(29)28-9-7-27(8-10-28)20-4-2-1-3-19(20)25/h1-6,11,14H,7-10,12-13H2. The lowest BCUT2D eigenvalue weighted by Crippen LogP contribution is -2.49. The van der Waals surface area contributed by atoms with E-state index in [1.807, 2.05) is 33.4 Å². The fourth-order valence-electron chi connectivity index (χ4n) is 3.39. The van der Waals surface area contributed by atoms with E-state index in [1.54, 1.807) is 30.0 Å². The summed E-state index contributed by atoms with van der Waals surface area (Å²) in [5, 5.41) is 3.18. The number of thiazole rings is 1. The Kier molecular flexibility index (Phi) is 7.38. The minimum absolute atomic E-state index is 0.0516. The van der Waals surface area contributed by atoms with Crippen LogP contribution in [0.1, 0.15) is 11.3 Å². The SMILES string of the molecule is O=C(Cc1csc(SCc2ccc(Cl)cc2Cl)n1)N1CCN(c2ccccc2F)CC1. The number of piperazine rings is 1. The second-order valence-electron chi connectivity index (χ2n) is 7.13. The molecule has 0 aliphatic carbocycles. The van der Waals surface area contributed by atoms with Crippen LogP contribution in [0.15, 0.2) is 52.2 Å². The van der Waals surface area contributed by atoms with Crippen molar-refractivity contribution in [1.82, 2.24) is 9.88 Å². The van der Waals surface area contributed by atoms with E-state index in [0.717, 1.165) is 15.6 Å². The largest absolute Gasteiger partial charge is 0.366 e. The maximum absolute atomic E-state index is 14.0. The molecule has 162 valence electrons. The van der Waals surface area contributed by atoms with Crippen molar-refractivity contribution < 1.29 is 9.18 Å². The molecule has 1 amide bonds. The second-order valence-corrected chi connectivity index (χ2v) is 10.0. The predicted octanol–water partition coefficient (Wildman–Crippen LogP) is 5.77. The Morgan fingerprint density at radius 3 is 2.65 bits per heavy atom. The van der Waals surface area contributed by atoms with Gasteiger partial charge in [-0.15, -0.1) is 11.3 Å². The summed E-state index contributed by atoms with van der Waals surface area (Å²) in [6.07, 6.45) is 0.276. The fourth-order valence-corrected chi connectivity index (χ4v) is 5.79. The van der Waals surface area contributed by atoms with Crippen LogP contribution < -0.4 is 4.90 Å². The average Bonchev–Trinajstić information content (AvgIpc) is 3.21. The van der Waals surface area contributed by atoms with Crippen molar-refractivity contribution in [2.45, 2.75) is 16.5 Å². The maximum atomic E-state index is 14.0. The van der Waals surface area contributed by atoms with Crippen molar-refractivity contribution in [2.75, 3.05) is 31.1 Å². The quantitative estimate of drug-likeness (QED) is 0.406. The van der Waals surface area contributed by atoms with Gasteiger partial charge in [0.25, 0.3) is 0 Å². The van der Waals surface area contributed by atoms with Gasteiger partial charge in [0.05, 0.1) is 17.8 Å². The van der Waals surface area contributed by atoms with E-state index in [-0.39, 0.29) is 18.1 Å². The third-order valence-electron chi connectivity index (χ3n) is 5.05. The van der Waals surface area contributed by atoms with E-state index in [1.165, 1.54) is 17.4 Å². The summed E-state index contributed by atoms with van der Waals surface area (Å²) in [5.41, 5.74) is 2.37. The molecule has 0 N–H and O–H groups in total. The molecule has 1 aliphatic rings. The maximum Gasteiger partial charge on any atom is 0.228 e. The first-order valence-electron chi connectivity index (χ1n) is 9.78. The second kappa shape index (κ2) is 10.2. The number of thioether (sulfide) groups is 1. The molecule has 2 heterocycles. The summed E-state index contributed by atoms with van der Waals surface area (Å²) >= 11 is 15.3. The van der Waals surface area contributed by atoms with Gasteiger partial charge in [0, 0.05) is 47.4 Å². The van der Waals surface area contributed by atoms with Crippen LogP contribution in [0.25, 0.3) is 0 Å². The first-order valence-corrected chi connectivity index (χ1v) is 12.4. The van der Waals surface area contributed by atoms with Gasteiger partial charge in [-0.2, -0.15) is 0 Å². The van der Waals surface area contributed by atoms with Gasteiger partial charge in [0.15, 0.2) is 0 Å². The normalized spacial score (nSPS) is 14.2. The van der Waals surface area contributed by atoms with Gasteiger partial charge >= 0.3 is 0 Å². The van der Waals surface area contributed by atoms with Crippen LogP contribution in [0.2, 0.25) is 10.0 Å². The van der Waals surface area contributed by atoms with Crippen molar-refractivity contribution >= 4 is 57.9 Å². The molecule has 0 radical (unpaired) electrons. The number of hydrogen-bond donors (Lipinski definition) is 0. The molecule has 9 heteroatoms. The molecular weight excluding hydrogens is 476 g/mol. The van der Waals surface area contributed by atoms with Crippen LogP contribution in [0.4, 0.5) is 10.1 Å². The first-order chi connectivity index (χ1) is 15.0. The number of benzene rings is 2. The lowest BCUT2D eigenvalue weighted by molar-refractivity contribution is -0.130. The van der Waals surface area contributed by atoms with Gasteiger partial charge in [0.2, 0.25) is 5.91 Å². The number of anilines is 1. The molecule has 4 nitrogen and oxygen atoms in total. The highest BCUT2D eigenvalue weighted by Gasteiger charge is 2.23. The molecule has 0 unspecified atom stereocenters. The number of para-hydroxylation sites is 1. The zero-order valence-electron chi connectivity index (χ0n) is 16.6. The Bertz CT molecular complexity index is 1070. The monoisotopic (exact) mass is 495 g/mol. The zero-order chi connectivity index (χ0) is 21.8. The highest BCUT2D eigenvalue weighted by atomic mass is 35.5. The number of rotatable bonds is 6. The van der Waals surface area contributed by atoms with Crippen LogP contribution in [-0.4, -0.2) is 42.0 Å². The van der Waals surface area contributed by atoms with Crippen LogP contribution in [0.3, 0.4) is 0 Å². The fraction of sp³-hybridized carbons (Fsp3) is 0.273. The van der Waals surface area contributed by atoms with Crippen LogP contribution in [0, 0.1) is 5.82 Å². The van der Waals surface area contributed by atoms with Crippen molar-refractivity contribution in [3.8, 4) is 0 Å². The molecule has 1 saturated heterocycles. The zero-order valence-corrected chi connectivity index (χ0v) is 19.7. The number of hydrogen-bond acceptors (Lipinski definition) is 5. The molecule has 0 bridgehead atoms. The van der Waals surface area contributed by atoms with Crippen LogP contribution in [-0.2, 0) is 17.0 Å². The number of amides is 1. The van der Waals surface area contributed by atoms with E-state index >= 15 is 0 Å². The Labute approximate surface area is 199 Å². The summed E-state index contributed by atoms with van der Waals surface area (Å²) in [6, 6.07) is 12.2. The number of aromatic nitrogens is 1. The summed E-state index contributed by atoms with van der Waals surface area (Å²) in [5.74, 6) is 0.514. The summed E-state index contributed by atoms with van der Waals surface area (Å²) in [4.78, 5) is 21.1. The van der Waals surface area contributed by atoms with Crippen LogP contribution in [0.5, 0.6) is 0 Å². The summed E-state index contributed by atoms with van der Waals surface area (Å²) < 4.78 is 14.9. The lowest BCUT2D eigenvalue weighted by atomic mass is 10.2. The minimum atomic E-state index is -0.227. The highest BCUT2D eigenvalue weighted by Crippen LogP contribution is 2.30. The molecule has 31 heavy (non-hydrogen) atoms. The summed E-state index contributed by atoms with van der Waals surface area (Å²) in [6.45, 7) is 2.39. The molecule has 1 aromatic heterocycles. The molecule has 3 aromatic rings. The average molecular weight is 496 g/mol. The number of halogens is 3. The molecule has 2 aromatic carbocycles. The minimum Gasteiger partial charge on any atom is -0.366 e. The van der Waals surface area contributed by atoms with Crippen molar-refractivity contribution in [3.63, 3.8) is 0 Å². The van der Waals surface area contributed by atoms with E-state index < -0.39 is 0 Å². The molecule has 0 atom stereocenters. The van der Waals surface area contributed by atoms with Gasteiger partial charge in [-0.1, -0.05) is 53.2 Å². The topological polar surface area (TPSA) is 36.4 Å². The molecule has 0 spiro atoms. The van der Waals surface area contributed by atoms with Gasteiger partial charge in [-0.25, -0.2) is 9.37 Å². The van der Waals surface area contributed by atoms with Gasteiger partial charge in [-0.05, 0) is 29.8 Å². The van der Waals surface area contributed by atoms with Crippen molar-refractivity contribution in [3.05, 3.63) is 75.0 Å². The van der Waals surface area contributed by atoms with Crippen molar-refractivity contribution in [2.24, 2.45) is 0 Å². The third-order valence-corrected chi connectivity index (χ3v) is 7.76. The Morgan fingerprint density at radius 2 is 1.90 bits per heavy atom.